The third kappa shape index (κ3) is 1.60. The van der Waals surface area contributed by atoms with E-state index in [0.717, 1.165) is 37.0 Å². The van der Waals surface area contributed by atoms with Crippen molar-refractivity contribution in [2.24, 2.45) is 17.8 Å². The number of carbonyl (C=O) groups is 2. The van der Waals surface area contributed by atoms with Crippen LogP contribution in [0.15, 0.2) is 12.7 Å². The van der Waals surface area contributed by atoms with E-state index in [2.05, 4.69) is 11.9 Å². The van der Waals surface area contributed by atoms with Crippen LogP contribution >= 0.6 is 0 Å². The average molecular weight is 274 g/mol. The van der Waals surface area contributed by atoms with Gasteiger partial charge in [0.25, 0.3) is 5.91 Å². The largest absolute Gasteiger partial charge is 0.325 e. The molecule has 1 atom stereocenters. The lowest BCUT2D eigenvalue weighted by Gasteiger charge is -2.58. The van der Waals surface area contributed by atoms with Gasteiger partial charge in [-0.1, -0.05) is 6.08 Å². The standard InChI is InChI=1S/C16H22N2O2/c1-2-3-13-14(19)18(15(20)17-13)16-7-10-4-11(8-16)6-12(5-10)9-16/h2,10-13H,1,3-9H2,(H,17,20). The lowest BCUT2D eigenvalue weighted by molar-refractivity contribution is -0.140. The van der Waals surface area contributed by atoms with E-state index in [0.29, 0.717) is 6.42 Å². The molecule has 5 fully saturated rings. The van der Waals surface area contributed by atoms with Gasteiger partial charge >= 0.3 is 6.03 Å². The smallest absolute Gasteiger partial charge is 0.325 e. The normalized spacial score (nSPS) is 45.9. The molecule has 0 spiro atoms. The highest BCUT2D eigenvalue weighted by atomic mass is 16.2. The number of nitrogens with one attached hydrogen (secondary N) is 1. The first-order valence-electron chi connectivity index (χ1n) is 7.87. The van der Waals surface area contributed by atoms with Crippen molar-refractivity contribution in [2.45, 2.75) is 56.5 Å². The molecule has 0 aromatic carbocycles. The zero-order valence-electron chi connectivity index (χ0n) is 11.8. The molecule has 1 heterocycles. The summed E-state index contributed by atoms with van der Waals surface area (Å²) in [6, 6.07) is -0.545. The van der Waals surface area contributed by atoms with Crippen molar-refractivity contribution < 1.29 is 9.59 Å². The Hall–Kier alpha value is -1.32. The summed E-state index contributed by atoms with van der Waals surface area (Å²) in [5.74, 6) is 2.19. The number of nitrogens with zero attached hydrogens (tertiary/aromatic N) is 1. The molecule has 1 unspecified atom stereocenters. The highest BCUT2D eigenvalue weighted by Crippen LogP contribution is 2.58. The molecule has 4 aliphatic carbocycles. The third-order valence-corrected chi connectivity index (χ3v) is 5.90. The quantitative estimate of drug-likeness (QED) is 0.635. The summed E-state index contributed by atoms with van der Waals surface area (Å²) in [6.07, 6.45) is 9.33. The molecule has 4 heteroatoms. The molecule has 4 bridgehead atoms. The molecular weight excluding hydrogens is 252 g/mol. The molecule has 5 rings (SSSR count). The Morgan fingerprint density at radius 1 is 1.15 bits per heavy atom. The molecular formula is C16H22N2O2. The maximum Gasteiger partial charge on any atom is 0.325 e. The van der Waals surface area contributed by atoms with Gasteiger partial charge in [0.1, 0.15) is 6.04 Å². The number of urea groups is 1. The maximum absolute atomic E-state index is 12.6. The second kappa shape index (κ2) is 4.09. The second-order valence-corrected chi connectivity index (χ2v) is 7.34. The van der Waals surface area contributed by atoms with Crippen LogP contribution in [0.5, 0.6) is 0 Å². The molecule has 1 aliphatic heterocycles. The zero-order valence-corrected chi connectivity index (χ0v) is 11.8. The Bertz CT molecular complexity index is 450. The van der Waals surface area contributed by atoms with E-state index in [4.69, 9.17) is 0 Å². The lowest BCUT2D eigenvalue weighted by Crippen LogP contribution is -2.61. The molecule has 0 aromatic rings. The SMILES string of the molecule is C=CCC1NC(=O)N(C23CC4CC(CC(C4)C2)C3)C1=O. The van der Waals surface area contributed by atoms with Crippen molar-refractivity contribution >= 4 is 11.9 Å². The summed E-state index contributed by atoms with van der Waals surface area (Å²) in [5.41, 5.74) is -0.161. The fourth-order valence-corrected chi connectivity index (χ4v) is 5.65. The van der Waals surface area contributed by atoms with Gasteiger partial charge in [-0.25, -0.2) is 4.79 Å². The number of rotatable bonds is 3. The second-order valence-electron chi connectivity index (χ2n) is 7.34. The van der Waals surface area contributed by atoms with Crippen LogP contribution in [0.1, 0.15) is 44.9 Å². The molecule has 0 radical (unpaired) electrons. The minimum absolute atomic E-state index is 0.0168. The predicted octanol–water partition coefficient (Wildman–Crippen LogP) is 2.45. The first kappa shape index (κ1) is 12.4. The van der Waals surface area contributed by atoms with Gasteiger partial charge < -0.3 is 5.32 Å². The number of imide groups is 1. The molecule has 108 valence electrons. The van der Waals surface area contributed by atoms with Gasteiger partial charge in [-0.3, -0.25) is 9.69 Å². The van der Waals surface area contributed by atoms with Crippen LogP contribution in [0.25, 0.3) is 0 Å². The Morgan fingerprint density at radius 2 is 1.70 bits per heavy atom. The summed E-state index contributed by atoms with van der Waals surface area (Å²) < 4.78 is 0. The molecule has 20 heavy (non-hydrogen) atoms. The Labute approximate surface area is 119 Å². The van der Waals surface area contributed by atoms with E-state index in [1.165, 1.54) is 19.3 Å². The van der Waals surface area contributed by atoms with Crippen LogP contribution in [-0.2, 0) is 4.79 Å². The predicted molar refractivity (Wildman–Crippen MR) is 74.9 cm³/mol. The van der Waals surface area contributed by atoms with Crippen molar-refractivity contribution in [1.29, 1.82) is 0 Å². The molecule has 3 amide bonds. The van der Waals surface area contributed by atoms with Gasteiger partial charge in [0.05, 0.1) is 5.54 Å². The molecule has 5 aliphatic rings. The number of hydrogen-bond acceptors (Lipinski definition) is 2. The number of carbonyl (C=O) groups excluding carboxylic acids is 2. The summed E-state index contributed by atoms with van der Waals surface area (Å²) in [5, 5.41) is 2.85. The van der Waals surface area contributed by atoms with Crippen molar-refractivity contribution in [3.05, 3.63) is 12.7 Å². The van der Waals surface area contributed by atoms with E-state index in [1.807, 2.05) is 0 Å². The first-order valence-corrected chi connectivity index (χ1v) is 7.87. The minimum Gasteiger partial charge on any atom is -0.325 e. The number of amides is 3. The van der Waals surface area contributed by atoms with Gasteiger partial charge in [-0.05, 0) is 62.7 Å². The summed E-state index contributed by atoms with van der Waals surface area (Å²) in [7, 11) is 0. The summed E-state index contributed by atoms with van der Waals surface area (Å²) >= 11 is 0. The molecule has 4 saturated carbocycles. The lowest BCUT2D eigenvalue weighted by atomic mass is 9.52. The molecule has 1 N–H and O–H groups in total. The highest BCUT2D eigenvalue weighted by molar-refractivity contribution is 6.05. The fraction of sp³-hybridized carbons (Fsp3) is 0.750. The minimum atomic E-state index is -0.381. The zero-order chi connectivity index (χ0) is 13.9. The van der Waals surface area contributed by atoms with E-state index in [-0.39, 0.29) is 23.5 Å². The van der Waals surface area contributed by atoms with Gasteiger partial charge in [0.15, 0.2) is 0 Å². The molecule has 1 saturated heterocycles. The monoisotopic (exact) mass is 274 g/mol. The van der Waals surface area contributed by atoms with E-state index >= 15 is 0 Å². The van der Waals surface area contributed by atoms with Crippen LogP contribution in [0.3, 0.4) is 0 Å². The van der Waals surface area contributed by atoms with Crippen molar-refractivity contribution in [3.8, 4) is 0 Å². The van der Waals surface area contributed by atoms with Gasteiger partial charge in [0.2, 0.25) is 0 Å². The Morgan fingerprint density at radius 3 is 2.20 bits per heavy atom. The third-order valence-electron chi connectivity index (χ3n) is 5.90. The number of hydrogen-bond donors (Lipinski definition) is 1. The summed E-state index contributed by atoms with van der Waals surface area (Å²) in [6.45, 7) is 3.68. The van der Waals surface area contributed by atoms with Crippen molar-refractivity contribution in [1.82, 2.24) is 10.2 Å². The van der Waals surface area contributed by atoms with Crippen LogP contribution in [-0.4, -0.2) is 28.4 Å². The molecule has 0 aromatic heterocycles. The van der Waals surface area contributed by atoms with Gasteiger partial charge in [-0.2, -0.15) is 0 Å². The highest BCUT2D eigenvalue weighted by Gasteiger charge is 2.58. The van der Waals surface area contributed by atoms with E-state index in [1.54, 1.807) is 11.0 Å². The molecule has 4 nitrogen and oxygen atoms in total. The first-order chi connectivity index (χ1) is 9.61. The maximum atomic E-state index is 12.6. The van der Waals surface area contributed by atoms with Gasteiger partial charge in [0, 0.05) is 0 Å². The Kier molecular flexibility index (Phi) is 2.54. The van der Waals surface area contributed by atoms with Crippen LogP contribution in [0, 0.1) is 17.8 Å². The van der Waals surface area contributed by atoms with Gasteiger partial charge in [-0.15, -0.1) is 6.58 Å². The van der Waals surface area contributed by atoms with E-state index < -0.39 is 0 Å². The summed E-state index contributed by atoms with van der Waals surface area (Å²) in [4.78, 5) is 26.6. The van der Waals surface area contributed by atoms with Crippen LogP contribution < -0.4 is 5.32 Å². The van der Waals surface area contributed by atoms with Crippen LogP contribution in [0.2, 0.25) is 0 Å². The van der Waals surface area contributed by atoms with Crippen molar-refractivity contribution in [2.75, 3.05) is 0 Å². The van der Waals surface area contributed by atoms with Crippen LogP contribution in [0.4, 0.5) is 4.79 Å². The Balaban J connectivity index is 1.65. The average Bonchev–Trinajstić information content (AvgIpc) is 2.63. The van der Waals surface area contributed by atoms with Crippen molar-refractivity contribution in [3.63, 3.8) is 0 Å². The van der Waals surface area contributed by atoms with E-state index in [9.17, 15) is 9.59 Å². The topological polar surface area (TPSA) is 49.4 Å². The fourth-order valence-electron chi connectivity index (χ4n) is 5.65.